The Morgan fingerprint density at radius 3 is 2.54 bits per heavy atom. The molecule has 0 bridgehead atoms. The lowest BCUT2D eigenvalue weighted by molar-refractivity contribution is -0.155. The van der Waals surface area contributed by atoms with Crippen molar-refractivity contribution in [1.29, 1.82) is 0 Å². The summed E-state index contributed by atoms with van der Waals surface area (Å²) in [6, 6.07) is -0.613. The monoisotopic (exact) mass is 187 g/mol. The van der Waals surface area contributed by atoms with Gasteiger partial charge in [0.1, 0.15) is 12.3 Å². The van der Waals surface area contributed by atoms with Gasteiger partial charge in [0.15, 0.2) is 0 Å². The Morgan fingerprint density at radius 2 is 2.08 bits per heavy atom. The molecule has 74 valence electrons. The van der Waals surface area contributed by atoms with Gasteiger partial charge in [-0.05, 0) is 12.8 Å². The van der Waals surface area contributed by atoms with Crippen LogP contribution in [0.4, 0.5) is 0 Å². The van der Waals surface area contributed by atoms with Crippen molar-refractivity contribution in [2.75, 3.05) is 7.11 Å². The SMILES string of the molecule is COC(=O)[C@@H]1CC[C@@H](O)N1C(C)=O. The molecule has 0 saturated carbocycles. The summed E-state index contributed by atoms with van der Waals surface area (Å²) in [6.45, 7) is 1.32. The zero-order valence-electron chi connectivity index (χ0n) is 7.69. The van der Waals surface area contributed by atoms with E-state index in [1.54, 1.807) is 0 Å². The fourth-order valence-corrected chi connectivity index (χ4v) is 1.59. The predicted octanol–water partition coefficient (Wildman–Crippen LogP) is -0.511. The number of amides is 1. The lowest BCUT2D eigenvalue weighted by Crippen LogP contribution is -2.44. The quantitative estimate of drug-likeness (QED) is 0.561. The Morgan fingerprint density at radius 1 is 1.46 bits per heavy atom. The number of nitrogens with zero attached hydrogens (tertiary/aromatic N) is 1. The van der Waals surface area contributed by atoms with Crippen LogP contribution >= 0.6 is 0 Å². The highest BCUT2D eigenvalue weighted by Gasteiger charge is 2.39. The second-order valence-corrected chi connectivity index (χ2v) is 3.02. The normalized spacial score (nSPS) is 27.5. The molecule has 0 aliphatic carbocycles. The Bertz CT molecular complexity index is 228. The van der Waals surface area contributed by atoms with Gasteiger partial charge in [0.2, 0.25) is 5.91 Å². The van der Waals surface area contributed by atoms with Crippen molar-refractivity contribution in [3.63, 3.8) is 0 Å². The number of likely N-dealkylation sites (tertiary alicyclic amines) is 1. The molecule has 0 aromatic heterocycles. The van der Waals surface area contributed by atoms with E-state index in [4.69, 9.17) is 0 Å². The average Bonchev–Trinajstić information content (AvgIpc) is 2.45. The maximum absolute atomic E-state index is 11.1. The number of methoxy groups -OCH3 is 1. The van der Waals surface area contributed by atoms with Gasteiger partial charge in [-0.2, -0.15) is 0 Å². The molecule has 1 fully saturated rings. The predicted molar refractivity (Wildman–Crippen MR) is 43.6 cm³/mol. The van der Waals surface area contributed by atoms with E-state index in [1.165, 1.54) is 14.0 Å². The van der Waals surface area contributed by atoms with E-state index in [0.717, 1.165) is 4.90 Å². The smallest absolute Gasteiger partial charge is 0.328 e. The third-order valence-corrected chi connectivity index (χ3v) is 2.19. The Hall–Kier alpha value is -1.10. The van der Waals surface area contributed by atoms with Crippen LogP contribution in [0, 0.1) is 0 Å². The van der Waals surface area contributed by atoms with Crippen LogP contribution in [-0.4, -0.2) is 41.3 Å². The second kappa shape index (κ2) is 3.74. The zero-order valence-corrected chi connectivity index (χ0v) is 7.69. The van der Waals surface area contributed by atoms with Gasteiger partial charge >= 0.3 is 5.97 Å². The number of hydrogen-bond acceptors (Lipinski definition) is 4. The molecule has 13 heavy (non-hydrogen) atoms. The minimum Gasteiger partial charge on any atom is -0.467 e. The van der Waals surface area contributed by atoms with Crippen molar-refractivity contribution in [3.05, 3.63) is 0 Å². The van der Waals surface area contributed by atoms with Crippen LogP contribution in [0.3, 0.4) is 0 Å². The summed E-state index contributed by atoms with van der Waals surface area (Å²) in [5.41, 5.74) is 0. The summed E-state index contributed by atoms with van der Waals surface area (Å²) in [5, 5.41) is 9.37. The molecule has 1 saturated heterocycles. The fourth-order valence-electron chi connectivity index (χ4n) is 1.59. The van der Waals surface area contributed by atoms with Crippen LogP contribution in [0.5, 0.6) is 0 Å². The summed E-state index contributed by atoms with van der Waals surface area (Å²) in [7, 11) is 1.27. The number of aliphatic hydroxyl groups excluding tert-OH is 1. The maximum atomic E-state index is 11.1. The lowest BCUT2D eigenvalue weighted by atomic mass is 10.2. The van der Waals surface area contributed by atoms with Crippen LogP contribution in [0.15, 0.2) is 0 Å². The fraction of sp³-hybridized carbons (Fsp3) is 0.750. The number of hydrogen-bond donors (Lipinski definition) is 1. The number of carbonyl (C=O) groups is 2. The van der Waals surface area contributed by atoms with Gasteiger partial charge in [-0.25, -0.2) is 4.79 Å². The molecule has 1 heterocycles. The van der Waals surface area contributed by atoms with Crippen molar-refractivity contribution in [3.8, 4) is 0 Å². The zero-order chi connectivity index (χ0) is 10.0. The van der Waals surface area contributed by atoms with Gasteiger partial charge in [-0.15, -0.1) is 0 Å². The summed E-state index contributed by atoms with van der Waals surface area (Å²) in [6.07, 6.45) is 0.0499. The van der Waals surface area contributed by atoms with Crippen molar-refractivity contribution in [2.24, 2.45) is 0 Å². The molecule has 1 amide bonds. The van der Waals surface area contributed by atoms with E-state index in [0.29, 0.717) is 12.8 Å². The van der Waals surface area contributed by atoms with E-state index in [-0.39, 0.29) is 5.91 Å². The van der Waals surface area contributed by atoms with Gasteiger partial charge < -0.3 is 14.7 Å². The van der Waals surface area contributed by atoms with Crippen molar-refractivity contribution < 1.29 is 19.4 Å². The number of carbonyl (C=O) groups excluding carboxylic acids is 2. The van der Waals surface area contributed by atoms with Crippen LogP contribution in [0.2, 0.25) is 0 Å². The summed E-state index contributed by atoms with van der Waals surface area (Å²) < 4.78 is 4.52. The van der Waals surface area contributed by atoms with E-state index in [9.17, 15) is 14.7 Å². The first-order valence-corrected chi connectivity index (χ1v) is 4.12. The Kier molecular flexibility index (Phi) is 2.87. The third-order valence-electron chi connectivity index (χ3n) is 2.19. The average molecular weight is 187 g/mol. The molecular weight excluding hydrogens is 174 g/mol. The standard InChI is InChI=1S/C8H13NO4/c1-5(10)9-6(8(12)13-2)3-4-7(9)11/h6-7,11H,3-4H2,1-2H3/t6-,7+/m0/s1. The van der Waals surface area contributed by atoms with Gasteiger partial charge in [-0.1, -0.05) is 0 Å². The highest BCUT2D eigenvalue weighted by molar-refractivity contribution is 5.84. The number of rotatable bonds is 1. The molecule has 0 radical (unpaired) electrons. The summed E-state index contributed by atoms with van der Waals surface area (Å²) in [5.74, 6) is -0.771. The largest absolute Gasteiger partial charge is 0.467 e. The van der Waals surface area contributed by atoms with Gasteiger partial charge in [0.05, 0.1) is 7.11 Å². The van der Waals surface area contributed by atoms with Crippen molar-refractivity contribution >= 4 is 11.9 Å². The van der Waals surface area contributed by atoms with Crippen LogP contribution < -0.4 is 0 Å². The molecule has 0 aromatic rings. The molecule has 5 nitrogen and oxygen atoms in total. The molecular formula is C8H13NO4. The first kappa shape index (κ1) is 9.98. The number of aliphatic hydroxyl groups is 1. The highest BCUT2D eigenvalue weighted by Crippen LogP contribution is 2.23. The van der Waals surface area contributed by atoms with E-state index < -0.39 is 18.2 Å². The topological polar surface area (TPSA) is 66.8 Å². The minimum absolute atomic E-state index is 0.305. The molecule has 0 spiro atoms. The number of esters is 1. The minimum atomic E-state index is -0.846. The summed E-state index contributed by atoms with van der Waals surface area (Å²) in [4.78, 5) is 23.4. The Balaban J connectivity index is 2.75. The summed E-state index contributed by atoms with van der Waals surface area (Å²) >= 11 is 0. The van der Waals surface area contributed by atoms with Crippen LogP contribution in [-0.2, 0) is 14.3 Å². The number of ether oxygens (including phenoxy) is 1. The molecule has 1 N–H and O–H groups in total. The molecule has 1 rings (SSSR count). The lowest BCUT2D eigenvalue weighted by Gasteiger charge is -2.23. The second-order valence-electron chi connectivity index (χ2n) is 3.02. The molecule has 0 unspecified atom stereocenters. The molecule has 5 heteroatoms. The highest BCUT2D eigenvalue weighted by atomic mass is 16.5. The van der Waals surface area contributed by atoms with E-state index >= 15 is 0 Å². The van der Waals surface area contributed by atoms with Gasteiger partial charge in [0, 0.05) is 6.92 Å². The molecule has 2 atom stereocenters. The maximum Gasteiger partial charge on any atom is 0.328 e. The Labute approximate surface area is 76.3 Å². The van der Waals surface area contributed by atoms with Crippen LogP contribution in [0.1, 0.15) is 19.8 Å². The van der Waals surface area contributed by atoms with E-state index in [1.807, 2.05) is 0 Å². The van der Waals surface area contributed by atoms with Crippen molar-refractivity contribution in [2.45, 2.75) is 32.0 Å². The first-order valence-electron chi connectivity index (χ1n) is 4.12. The molecule has 1 aliphatic heterocycles. The first-order chi connectivity index (χ1) is 6.07. The van der Waals surface area contributed by atoms with Crippen LogP contribution in [0.25, 0.3) is 0 Å². The van der Waals surface area contributed by atoms with Crippen molar-refractivity contribution in [1.82, 2.24) is 4.90 Å². The molecule has 1 aliphatic rings. The molecule has 0 aromatic carbocycles. The van der Waals surface area contributed by atoms with Gasteiger partial charge in [-0.3, -0.25) is 4.79 Å². The van der Waals surface area contributed by atoms with Gasteiger partial charge in [0.25, 0.3) is 0 Å². The third kappa shape index (κ3) is 1.80. The van der Waals surface area contributed by atoms with E-state index in [2.05, 4.69) is 4.74 Å².